The lowest BCUT2D eigenvalue weighted by Crippen LogP contribution is -2.07. The lowest BCUT2D eigenvalue weighted by atomic mass is 10.1. The minimum absolute atomic E-state index is 0.122. The number of rotatable bonds is 3. The Morgan fingerprint density at radius 2 is 1.74 bits per heavy atom. The molecule has 0 spiro atoms. The van der Waals surface area contributed by atoms with Crippen molar-refractivity contribution in [3.8, 4) is 17.2 Å². The van der Waals surface area contributed by atoms with Crippen LogP contribution in [0.4, 0.5) is 0 Å². The van der Waals surface area contributed by atoms with Crippen molar-refractivity contribution in [2.24, 2.45) is 0 Å². The molecule has 0 aliphatic rings. The van der Waals surface area contributed by atoms with Gasteiger partial charge in [-0.3, -0.25) is 4.79 Å². The number of aryl methyl sites for hydroxylation is 1. The van der Waals surface area contributed by atoms with E-state index in [4.69, 9.17) is 18.6 Å². The lowest BCUT2D eigenvalue weighted by Gasteiger charge is -2.15. The van der Waals surface area contributed by atoms with Gasteiger partial charge in [-0.05, 0) is 40.5 Å². The van der Waals surface area contributed by atoms with Crippen LogP contribution in [0.15, 0.2) is 31.9 Å². The SMILES string of the molecule is COc1ccc2c(=O)c3c(C)c(Br)c(OC)c(OC)c3oc2c1. The molecule has 0 aliphatic heterocycles. The van der Waals surface area contributed by atoms with Crippen LogP contribution in [0, 0.1) is 6.92 Å². The van der Waals surface area contributed by atoms with E-state index < -0.39 is 0 Å². The van der Waals surface area contributed by atoms with Gasteiger partial charge in [-0.1, -0.05) is 0 Å². The first-order chi connectivity index (χ1) is 11.0. The summed E-state index contributed by atoms with van der Waals surface area (Å²) in [6.07, 6.45) is 0. The standard InChI is InChI=1S/C17H15BrO5/c1-8-12-14(19)10-6-5-9(20-2)7-11(10)23-15(12)17(22-4)16(21-3)13(8)18/h5-7H,1-4H3. The maximum absolute atomic E-state index is 12.9. The number of hydrogen-bond donors (Lipinski definition) is 0. The van der Waals surface area contributed by atoms with E-state index >= 15 is 0 Å². The number of methoxy groups -OCH3 is 3. The van der Waals surface area contributed by atoms with Gasteiger partial charge in [0.25, 0.3) is 0 Å². The van der Waals surface area contributed by atoms with Crippen molar-refractivity contribution in [3.63, 3.8) is 0 Å². The summed E-state index contributed by atoms with van der Waals surface area (Å²) in [5.41, 5.74) is 1.41. The van der Waals surface area contributed by atoms with Gasteiger partial charge in [0.15, 0.2) is 11.3 Å². The van der Waals surface area contributed by atoms with Crippen LogP contribution >= 0.6 is 15.9 Å². The van der Waals surface area contributed by atoms with Crippen molar-refractivity contribution >= 4 is 37.9 Å². The summed E-state index contributed by atoms with van der Waals surface area (Å²) < 4.78 is 22.6. The van der Waals surface area contributed by atoms with E-state index in [0.29, 0.717) is 43.7 Å². The maximum atomic E-state index is 12.9. The summed E-state index contributed by atoms with van der Waals surface area (Å²) in [5.74, 6) is 1.48. The van der Waals surface area contributed by atoms with Crippen LogP contribution in [0.1, 0.15) is 5.56 Å². The molecule has 6 heteroatoms. The Labute approximate surface area is 140 Å². The number of ether oxygens (including phenoxy) is 3. The minimum Gasteiger partial charge on any atom is -0.497 e. The molecule has 3 rings (SSSR count). The normalized spacial score (nSPS) is 11.0. The average Bonchev–Trinajstić information content (AvgIpc) is 2.57. The van der Waals surface area contributed by atoms with Crippen LogP contribution in [0.3, 0.4) is 0 Å². The van der Waals surface area contributed by atoms with Crippen molar-refractivity contribution in [1.29, 1.82) is 0 Å². The Morgan fingerprint density at radius 3 is 2.35 bits per heavy atom. The fraction of sp³-hybridized carbons (Fsp3) is 0.235. The van der Waals surface area contributed by atoms with Gasteiger partial charge in [-0.2, -0.15) is 0 Å². The summed E-state index contributed by atoms with van der Waals surface area (Å²) in [4.78, 5) is 12.9. The molecule has 0 N–H and O–H groups in total. The molecular weight excluding hydrogens is 364 g/mol. The summed E-state index contributed by atoms with van der Waals surface area (Å²) in [6.45, 7) is 1.83. The van der Waals surface area contributed by atoms with Crippen LogP contribution in [0.25, 0.3) is 21.9 Å². The fourth-order valence-corrected chi connectivity index (χ4v) is 3.19. The van der Waals surface area contributed by atoms with Gasteiger partial charge in [-0.15, -0.1) is 0 Å². The molecule has 0 saturated heterocycles. The summed E-state index contributed by atoms with van der Waals surface area (Å²) in [6, 6.07) is 5.11. The molecule has 0 atom stereocenters. The van der Waals surface area contributed by atoms with Gasteiger partial charge in [0, 0.05) is 6.07 Å². The van der Waals surface area contributed by atoms with Crippen LogP contribution in [-0.2, 0) is 0 Å². The molecule has 0 amide bonds. The Hall–Kier alpha value is -2.21. The first kappa shape index (κ1) is 15.7. The molecular formula is C17H15BrO5. The third kappa shape index (κ3) is 2.25. The number of hydrogen-bond acceptors (Lipinski definition) is 5. The molecule has 0 unspecified atom stereocenters. The zero-order valence-electron chi connectivity index (χ0n) is 13.2. The molecule has 0 fully saturated rings. The highest BCUT2D eigenvalue weighted by Crippen LogP contribution is 2.44. The summed E-state index contributed by atoms with van der Waals surface area (Å²) in [5, 5.41) is 0.952. The molecule has 0 aliphatic carbocycles. The van der Waals surface area contributed by atoms with Gasteiger partial charge in [0.1, 0.15) is 11.3 Å². The van der Waals surface area contributed by atoms with Crippen molar-refractivity contribution in [1.82, 2.24) is 0 Å². The van der Waals surface area contributed by atoms with Crippen molar-refractivity contribution in [3.05, 3.63) is 38.5 Å². The van der Waals surface area contributed by atoms with Crippen molar-refractivity contribution in [2.45, 2.75) is 6.92 Å². The Morgan fingerprint density at radius 1 is 1.04 bits per heavy atom. The van der Waals surface area contributed by atoms with Crippen LogP contribution in [-0.4, -0.2) is 21.3 Å². The predicted molar refractivity (Wildman–Crippen MR) is 92.1 cm³/mol. The van der Waals surface area contributed by atoms with Gasteiger partial charge in [0.2, 0.25) is 11.2 Å². The molecule has 23 heavy (non-hydrogen) atoms. The Bertz CT molecular complexity index is 975. The highest BCUT2D eigenvalue weighted by Gasteiger charge is 2.22. The minimum atomic E-state index is -0.122. The molecule has 3 aromatic rings. The molecule has 1 aromatic heterocycles. The lowest BCUT2D eigenvalue weighted by molar-refractivity contribution is 0.352. The predicted octanol–water partition coefficient (Wildman–Crippen LogP) is 4.04. The summed E-state index contributed by atoms with van der Waals surface area (Å²) >= 11 is 3.47. The molecule has 120 valence electrons. The maximum Gasteiger partial charge on any atom is 0.205 e. The van der Waals surface area contributed by atoms with E-state index in [-0.39, 0.29) is 5.43 Å². The average molecular weight is 379 g/mol. The third-order valence-corrected chi connectivity index (χ3v) is 4.78. The molecule has 0 radical (unpaired) electrons. The molecule has 0 bridgehead atoms. The first-order valence-corrected chi connectivity index (χ1v) is 7.67. The van der Waals surface area contributed by atoms with E-state index in [2.05, 4.69) is 15.9 Å². The van der Waals surface area contributed by atoms with Crippen LogP contribution < -0.4 is 19.6 Å². The highest BCUT2D eigenvalue weighted by molar-refractivity contribution is 9.10. The van der Waals surface area contributed by atoms with Crippen LogP contribution in [0.2, 0.25) is 0 Å². The zero-order valence-corrected chi connectivity index (χ0v) is 14.7. The zero-order chi connectivity index (χ0) is 16.7. The fourth-order valence-electron chi connectivity index (χ4n) is 2.65. The highest BCUT2D eigenvalue weighted by atomic mass is 79.9. The molecule has 5 nitrogen and oxygen atoms in total. The topological polar surface area (TPSA) is 57.9 Å². The Kier molecular flexibility index (Phi) is 3.93. The van der Waals surface area contributed by atoms with Crippen LogP contribution in [0.5, 0.6) is 17.2 Å². The van der Waals surface area contributed by atoms with Gasteiger partial charge in [0.05, 0.1) is 36.6 Å². The second kappa shape index (κ2) is 5.77. The first-order valence-electron chi connectivity index (χ1n) is 6.88. The van der Waals surface area contributed by atoms with Crippen molar-refractivity contribution in [2.75, 3.05) is 21.3 Å². The number of benzene rings is 2. The Balaban J connectivity index is 2.58. The van der Waals surface area contributed by atoms with E-state index in [1.807, 2.05) is 6.92 Å². The second-order valence-electron chi connectivity index (χ2n) is 5.00. The monoisotopic (exact) mass is 378 g/mol. The number of halogens is 1. The van der Waals surface area contributed by atoms with Gasteiger partial charge < -0.3 is 18.6 Å². The van der Waals surface area contributed by atoms with E-state index in [0.717, 1.165) is 5.56 Å². The van der Waals surface area contributed by atoms with Gasteiger partial charge >= 0.3 is 0 Å². The largest absolute Gasteiger partial charge is 0.497 e. The van der Waals surface area contributed by atoms with Crippen molar-refractivity contribution < 1.29 is 18.6 Å². The second-order valence-corrected chi connectivity index (χ2v) is 5.80. The van der Waals surface area contributed by atoms with E-state index in [9.17, 15) is 4.79 Å². The quantitative estimate of drug-likeness (QED) is 0.643. The summed E-state index contributed by atoms with van der Waals surface area (Å²) in [7, 11) is 4.61. The molecule has 2 aromatic carbocycles. The molecule has 1 heterocycles. The van der Waals surface area contributed by atoms with Gasteiger partial charge in [-0.25, -0.2) is 0 Å². The van der Waals surface area contributed by atoms with E-state index in [1.54, 1.807) is 25.3 Å². The molecule has 0 saturated carbocycles. The van der Waals surface area contributed by atoms with E-state index in [1.165, 1.54) is 14.2 Å². The smallest absolute Gasteiger partial charge is 0.205 e. The third-order valence-electron chi connectivity index (χ3n) is 3.82. The number of fused-ring (bicyclic) bond motifs is 2.